The molecule has 290 valence electrons. The van der Waals surface area contributed by atoms with Gasteiger partial charge < -0.3 is 9.13 Å². The van der Waals surface area contributed by atoms with Gasteiger partial charge in [-0.2, -0.15) is 0 Å². The Bertz CT molecular complexity index is 3540. The van der Waals surface area contributed by atoms with E-state index in [-0.39, 0.29) is 0 Å². The van der Waals surface area contributed by atoms with E-state index < -0.39 is 0 Å². The third kappa shape index (κ3) is 6.12. The zero-order chi connectivity index (χ0) is 41.0. The number of hydrogen-bond donors (Lipinski definition) is 0. The molecule has 0 spiro atoms. The molecule has 2 nitrogen and oxygen atoms in total. The van der Waals surface area contributed by atoms with Crippen LogP contribution in [-0.2, 0) is 0 Å². The molecule has 10 aromatic carbocycles. The summed E-state index contributed by atoms with van der Waals surface area (Å²) in [5.41, 5.74) is 19.1. The molecule has 12 aromatic rings. The molecule has 0 bridgehead atoms. The van der Waals surface area contributed by atoms with Gasteiger partial charge in [0.05, 0.1) is 22.1 Å². The zero-order valence-corrected chi connectivity index (χ0v) is 34.0. The average Bonchev–Trinajstić information content (AvgIpc) is 3.87. The monoisotopic (exact) mass is 788 g/mol. The number of benzene rings is 10. The second kappa shape index (κ2) is 14.8. The van der Waals surface area contributed by atoms with Crippen LogP contribution in [0.3, 0.4) is 0 Å². The molecule has 0 unspecified atom stereocenters. The predicted octanol–water partition coefficient (Wildman–Crippen LogP) is 16.2. The van der Waals surface area contributed by atoms with Crippen LogP contribution in [0.4, 0.5) is 0 Å². The van der Waals surface area contributed by atoms with E-state index in [1.165, 1.54) is 99.2 Å². The first-order chi connectivity index (χ1) is 30.7. The maximum atomic E-state index is 2.43. The summed E-state index contributed by atoms with van der Waals surface area (Å²) in [6.45, 7) is 0. The maximum absolute atomic E-state index is 2.43. The molecule has 0 radical (unpaired) electrons. The third-order valence-corrected chi connectivity index (χ3v) is 12.5. The van der Waals surface area contributed by atoms with Gasteiger partial charge in [0.25, 0.3) is 0 Å². The number of nitrogens with zero attached hydrogens (tertiary/aromatic N) is 2. The van der Waals surface area contributed by atoms with Gasteiger partial charge in [0.2, 0.25) is 0 Å². The lowest BCUT2D eigenvalue weighted by molar-refractivity contribution is 1.18. The van der Waals surface area contributed by atoms with Crippen LogP contribution in [0.5, 0.6) is 0 Å². The first-order valence-electron chi connectivity index (χ1n) is 21.3. The van der Waals surface area contributed by atoms with Crippen molar-refractivity contribution in [2.75, 3.05) is 0 Å². The number of aromatic nitrogens is 2. The third-order valence-electron chi connectivity index (χ3n) is 12.5. The summed E-state index contributed by atoms with van der Waals surface area (Å²) in [7, 11) is 0. The topological polar surface area (TPSA) is 9.86 Å². The lowest BCUT2D eigenvalue weighted by Gasteiger charge is -2.14. The standard InChI is InChI=1S/C60H40N2/c1-5-16-41(17-6-1)45-28-31-59-55(38-45)56-40-47(30-33-60(56)61(59)51-23-11-4-12-24-51)46-29-32-58-54(39-46)53-26-13-14-27-57(53)62(58)52-25-15-22-44(37-52)50-35-48(42-18-7-2-8-19-42)34-49(36-50)43-20-9-3-10-21-43/h1-40H. The van der Waals surface area contributed by atoms with Crippen LogP contribution in [0.25, 0.3) is 111 Å². The fourth-order valence-electron chi connectivity index (χ4n) is 9.51. The minimum absolute atomic E-state index is 1.14. The number of para-hydroxylation sites is 2. The number of rotatable bonds is 7. The molecule has 0 aliphatic heterocycles. The van der Waals surface area contributed by atoms with Crippen LogP contribution < -0.4 is 0 Å². The lowest BCUT2D eigenvalue weighted by atomic mass is 9.93. The van der Waals surface area contributed by atoms with E-state index in [0.29, 0.717) is 0 Å². The van der Waals surface area contributed by atoms with E-state index in [2.05, 4.69) is 252 Å². The van der Waals surface area contributed by atoms with Gasteiger partial charge in [-0.25, -0.2) is 0 Å². The highest BCUT2D eigenvalue weighted by Crippen LogP contribution is 2.40. The molecule has 62 heavy (non-hydrogen) atoms. The van der Waals surface area contributed by atoms with E-state index in [0.717, 1.165) is 11.4 Å². The van der Waals surface area contributed by atoms with Crippen LogP contribution in [-0.4, -0.2) is 9.13 Å². The van der Waals surface area contributed by atoms with Gasteiger partial charge in [0.1, 0.15) is 0 Å². The summed E-state index contributed by atoms with van der Waals surface area (Å²) in [6.07, 6.45) is 0. The van der Waals surface area contributed by atoms with Crippen molar-refractivity contribution in [2.45, 2.75) is 0 Å². The van der Waals surface area contributed by atoms with Crippen molar-refractivity contribution in [1.82, 2.24) is 9.13 Å². The van der Waals surface area contributed by atoms with E-state index in [4.69, 9.17) is 0 Å². The molecule has 0 atom stereocenters. The summed E-state index contributed by atoms with van der Waals surface area (Å²) in [6, 6.07) is 88.5. The minimum atomic E-state index is 1.14. The van der Waals surface area contributed by atoms with Crippen molar-refractivity contribution in [3.8, 4) is 67.0 Å². The molecule has 0 aliphatic carbocycles. The van der Waals surface area contributed by atoms with Crippen molar-refractivity contribution < 1.29 is 0 Å². The van der Waals surface area contributed by atoms with Crippen molar-refractivity contribution in [1.29, 1.82) is 0 Å². The molecule has 12 rings (SSSR count). The maximum Gasteiger partial charge on any atom is 0.0541 e. The first kappa shape index (κ1) is 35.7. The van der Waals surface area contributed by atoms with Crippen molar-refractivity contribution in [2.24, 2.45) is 0 Å². The fourth-order valence-corrected chi connectivity index (χ4v) is 9.51. The highest BCUT2D eigenvalue weighted by atomic mass is 15.0. The van der Waals surface area contributed by atoms with Crippen molar-refractivity contribution >= 4 is 43.6 Å². The Morgan fingerprint density at radius 1 is 0.177 bits per heavy atom. The highest BCUT2D eigenvalue weighted by Gasteiger charge is 2.18. The minimum Gasteiger partial charge on any atom is -0.309 e. The van der Waals surface area contributed by atoms with Crippen LogP contribution >= 0.6 is 0 Å². The molecule has 0 fully saturated rings. The molecule has 0 saturated carbocycles. The van der Waals surface area contributed by atoms with E-state index in [1.54, 1.807) is 0 Å². The van der Waals surface area contributed by atoms with E-state index in [9.17, 15) is 0 Å². The lowest BCUT2D eigenvalue weighted by Crippen LogP contribution is -1.94. The van der Waals surface area contributed by atoms with Gasteiger partial charge in [0.15, 0.2) is 0 Å². The van der Waals surface area contributed by atoms with Crippen LogP contribution in [0.15, 0.2) is 243 Å². The predicted molar refractivity (Wildman–Crippen MR) is 262 cm³/mol. The molecule has 0 saturated heterocycles. The van der Waals surface area contributed by atoms with Gasteiger partial charge in [-0.15, -0.1) is 0 Å². The van der Waals surface area contributed by atoms with Crippen LogP contribution in [0.2, 0.25) is 0 Å². The Hall–Kier alpha value is -8.20. The molecule has 2 aromatic heterocycles. The Balaban J connectivity index is 0.997. The van der Waals surface area contributed by atoms with Crippen LogP contribution in [0.1, 0.15) is 0 Å². The smallest absolute Gasteiger partial charge is 0.0541 e. The molecule has 2 heteroatoms. The molecule has 2 heterocycles. The number of hydrogen-bond acceptors (Lipinski definition) is 0. The molecule has 0 N–H and O–H groups in total. The van der Waals surface area contributed by atoms with Crippen LogP contribution in [0, 0.1) is 0 Å². The first-order valence-corrected chi connectivity index (χ1v) is 21.3. The zero-order valence-electron chi connectivity index (χ0n) is 34.0. The normalized spacial score (nSPS) is 11.5. The summed E-state index contributed by atoms with van der Waals surface area (Å²) in [5, 5.41) is 4.96. The quantitative estimate of drug-likeness (QED) is 0.152. The average molecular weight is 789 g/mol. The summed E-state index contributed by atoms with van der Waals surface area (Å²) < 4.78 is 4.83. The summed E-state index contributed by atoms with van der Waals surface area (Å²) in [5.74, 6) is 0. The van der Waals surface area contributed by atoms with Gasteiger partial charge in [-0.1, -0.05) is 158 Å². The largest absolute Gasteiger partial charge is 0.309 e. The Morgan fingerprint density at radius 3 is 1.05 bits per heavy atom. The van der Waals surface area contributed by atoms with Gasteiger partial charge in [-0.3, -0.25) is 0 Å². The van der Waals surface area contributed by atoms with Gasteiger partial charge in [-0.05, 0) is 141 Å². The summed E-state index contributed by atoms with van der Waals surface area (Å²) in [4.78, 5) is 0. The van der Waals surface area contributed by atoms with Crippen molar-refractivity contribution in [3.63, 3.8) is 0 Å². The van der Waals surface area contributed by atoms with Gasteiger partial charge in [0, 0.05) is 32.9 Å². The second-order valence-electron chi connectivity index (χ2n) is 16.2. The van der Waals surface area contributed by atoms with Gasteiger partial charge >= 0.3 is 0 Å². The highest BCUT2D eigenvalue weighted by molar-refractivity contribution is 6.13. The van der Waals surface area contributed by atoms with Crippen molar-refractivity contribution in [3.05, 3.63) is 243 Å². The Labute approximate surface area is 360 Å². The SMILES string of the molecule is c1ccc(-c2cc(-c3ccccc3)cc(-c3cccc(-n4c5ccccc5c5cc(-c6ccc7c(c6)c6cc(-c8ccccc8)ccc6n7-c6ccccc6)ccc54)c3)c2)cc1. The second-order valence-corrected chi connectivity index (χ2v) is 16.2. The molecular formula is C60H40N2. The Kier molecular flexibility index (Phi) is 8.53. The van der Waals surface area contributed by atoms with E-state index in [1.807, 2.05) is 0 Å². The Morgan fingerprint density at radius 2 is 0.516 bits per heavy atom. The molecular weight excluding hydrogens is 749 g/mol. The number of fused-ring (bicyclic) bond motifs is 6. The molecule has 0 aliphatic rings. The molecule has 0 amide bonds. The summed E-state index contributed by atoms with van der Waals surface area (Å²) >= 11 is 0. The van der Waals surface area contributed by atoms with E-state index >= 15 is 0 Å². The fraction of sp³-hybridized carbons (Fsp3) is 0.